The van der Waals surface area contributed by atoms with E-state index < -0.39 is 17.9 Å². The van der Waals surface area contributed by atoms with E-state index in [1.165, 1.54) is 5.56 Å². The number of carboxylic acids is 1. The van der Waals surface area contributed by atoms with Crippen molar-refractivity contribution in [2.75, 3.05) is 18.5 Å². The summed E-state index contributed by atoms with van der Waals surface area (Å²) in [6.45, 7) is 1.53. The number of ether oxygens (including phenoxy) is 1. The number of aryl methyl sites for hydroxylation is 3. The lowest BCUT2D eigenvalue weighted by molar-refractivity contribution is -0.139. The zero-order chi connectivity index (χ0) is 26.5. The van der Waals surface area contributed by atoms with Crippen LogP contribution in [0.1, 0.15) is 40.0 Å². The first-order chi connectivity index (χ1) is 18.5. The number of carboxylic acid groups (broad SMARTS) is 1. The number of nitrogens with one attached hydrogen (secondary N) is 2. The van der Waals surface area contributed by atoms with Gasteiger partial charge in [0.2, 0.25) is 0 Å². The maximum Gasteiger partial charge on any atom is 0.326 e. The number of aliphatic carboxylic acids is 1. The van der Waals surface area contributed by atoms with Gasteiger partial charge in [-0.15, -0.1) is 0 Å². The number of rotatable bonds is 10. The number of hydrogen-bond donors (Lipinski definition) is 3. The van der Waals surface area contributed by atoms with Crippen LogP contribution in [-0.2, 0) is 31.1 Å². The van der Waals surface area contributed by atoms with Crippen molar-refractivity contribution in [3.8, 4) is 5.75 Å². The second-order valence-corrected chi connectivity index (χ2v) is 9.55. The number of amides is 1. The van der Waals surface area contributed by atoms with Crippen molar-refractivity contribution in [3.63, 3.8) is 0 Å². The number of hydrogen-bond acceptors (Lipinski definition) is 6. The van der Waals surface area contributed by atoms with Crippen molar-refractivity contribution in [1.82, 2.24) is 20.1 Å². The molecule has 0 unspecified atom stereocenters. The molecule has 196 valence electrons. The molecule has 0 saturated heterocycles. The Kier molecular flexibility index (Phi) is 7.53. The smallest absolute Gasteiger partial charge is 0.326 e. The van der Waals surface area contributed by atoms with E-state index in [1.807, 2.05) is 31.3 Å². The summed E-state index contributed by atoms with van der Waals surface area (Å²) in [6.07, 6.45) is 5.74. The van der Waals surface area contributed by atoms with E-state index >= 15 is 0 Å². The molecule has 0 radical (unpaired) electrons. The van der Waals surface area contributed by atoms with Gasteiger partial charge in [-0.25, -0.2) is 9.78 Å². The minimum atomic E-state index is -1.09. The minimum Gasteiger partial charge on any atom is -0.494 e. The highest BCUT2D eigenvalue weighted by Crippen LogP contribution is 2.21. The van der Waals surface area contributed by atoms with Gasteiger partial charge in [-0.2, -0.15) is 5.10 Å². The van der Waals surface area contributed by atoms with Gasteiger partial charge < -0.3 is 20.5 Å². The number of nitrogens with zero attached hydrogens (tertiary/aromatic N) is 3. The SMILES string of the molecule is Cn1ncc2cc(C(=O)N[C@@H](Cc3ccc(OCCCc4ccc5c(n4)NCCC5)cc3)C(=O)O)ccc21. The molecule has 0 bridgehead atoms. The van der Waals surface area contributed by atoms with Gasteiger partial charge in [-0.3, -0.25) is 9.48 Å². The highest BCUT2D eigenvalue weighted by molar-refractivity contribution is 5.99. The van der Waals surface area contributed by atoms with Gasteiger partial charge in [-0.1, -0.05) is 18.2 Å². The number of aromatic nitrogens is 3. The summed E-state index contributed by atoms with van der Waals surface area (Å²) >= 11 is 0. The predicted octanol–water partition coefficient (Wildman–Crippen LogP) is 3.76. The van der Waals surface area contributed by atoms with Gasteiger partial charge in [0.05, 0.1) is 18.3 Å². The normalized spacial score (nSPS) is 13.4. The summed E-state index contributed by atoms with van der Waals surface area (Å²) in [7, 11) is 1.82. The zero-order valence-corrected chi connectivity index (χ0v) is 21.3. The molecule has 38 heavy (non-hydrogen) atoms. The van der Waals surface area contributed by atoms with Crippen LogP contribution in [0.15, 0.2) is 60.8 Å². The molecule has 9 heteroatoms. The number of anilines is 1. The highest BCUT2D eigenvalue weighted by atomic mass is 16.5. The number of fused-ring (bicyclic) bond motifs is 2. The Morgan fingerprint density at radius 3 is 2.82 bits per heavy atom. The monoisotopic (exact) mass is 513 g/mol. The van der Waals surface area contributed by atoms with Gasteiger partial charge in [-0.05, 0) is 73.2 Å². The summed E-state index contributed by atoms with van der Waals surface area (Å²) in [5, 5.41) is 20.7. The molecule has 1 aliphatic heterocycles. The molecule has 4 aromatic rings. The quantitative estimate of drug-likeness (QED) is 0.276. The molecule has 5 rings (SSSR count). The molecule has 2 aromatic carbocycles. The van der Waals surface area contributed by atoms with Crippen LogP contribution in [0.2, 0.25) is 0 Å². The Bertz CT molecular complexity index is 1450. The van der Waals surface area contributed by atoms with Crippen LogP contribution in [0.25, 0.3) is 10.9 Å². The second kappa shape index (κ2) is 11.3. The van der Waals surface area contributed by atoms with Crippen molar-refractivity contribution in [2.45, 2.75) is 38.1 Å². The molecule has 0 saturated carbocycles. The van der Waals surface area contributed by atoms with Gasteiger partial charge in [0.1, 0.15) is 17.6 Å². The average molecular weight is 514 g/mol. The van der Waals surface area contributed by atoms with Gasteiger partial charge >= 0.3 is 5.97 Å². The first-order valence-electron chi connectivity index (χ1n) is 12.9. The fourth-order valence-corrected chi connectivity index (χ4v) is 4.66. The third-order valence-electron chi connectivity index (χ3n) is 6.77. The summed E-state index contributed by atoms with van der Waals surface area (Å²) in [5.41, 5.74) is 4.42. The standard InChI is InChI=1S/C29H31N5O4/c1-34-26-13-9-21(17-22(26)18-31-34)28(35)33-25(29(36)37)16-19-6-11-24(12-7-19)38-15-3-5-23-10-8-20-4-2-14-30-27(20)32-23/h6-13,17-18,25H,2-5,14-16H2,1H3,(H,30,32)(H,33,35)(H,36,37)/t25-/m0/s1. The lowest BCUT2D eigenvalue weighted by atomic mass is 10.0. The molecular formula is C29H31N5O4. The third-order valence-corrected chi connectivity index (χ3v) is 6.77. The lowest BCUT2D eigenvalue weighted by Gasteiger charge is -2.17. The maximum atomic E-state index is 12.7. The van der Waals surface area contributed by atoms with Gasteiger partial charge in [0.25, 0.3) is 5.91 Å². The molecule has 9 nitrogen and oxygen atoms in total. The molecule has 0 aliphatic carbocycles. The van der Waals surface area contributed by atoms with Crippen molar-refractivity contribution >= 4 is 28.6 Å². The van der Waals surface area contributed by atoms with Crippen LogP contribution < -0.4 is 15.4 Å². The van der Waals surface area contributed by atoms with E-state index in [9.17, 15) is 14.7 Å². The summed E-state index contributed by atoms with van der Waals surface area (Å²) in [6, 6.07) is 15.7. The second-order valence-electron chi connectivity index (χ2n) is 9.55. The molecule has 1 amide bonds. The lowest BCUT2D eigenvalue weighted by Crippen LogP contribution is -2.42. The van der Waals surface area contributed by atoms with Crippen LogP contribution in [0.3, 0.4) is 0 Å². The molecule has 2 aromatic heterocycles. The molecular weight excluding hydrogens is 482 g/mol. The molecule has 3 heterocycles. The maximum absolute atomic E-state index is 12.7. The Hall–Kier alpha value is -4.40. The summed E-state index contributed by atoms with van der Waals surface area (Å²) in [4.78, 5) is 29.3. The predicted molar refractivity (Wildman–Crippen MR) is 145 cm³/mol. The minimum absolute atomic E-state index is 0.161. The highest BCUT2D eigenvalue weighted by Gasteiger charge is 2.21. The van der Waals surface area contributed by atoms with Crippen molar-refractivity contribution in [3.05, 3.63) is 83.2 Å². The van der Waals surface area contributed by atoms with Crippen LogP contribution in [0.4, 0.5) is 5.82 Å². The topological polar surface area (TPSA) is 118 Å². The number of carbonyl (C=O) groups excluding carboxylic acids is 1. The zero-order valence-electron chi connectivity index (χ0n) is 21.3. The van der Waals surface area contributed by atoms with E-state index in [0.29, 0.717) is 12.2 Å². The Morgan fingerprint density at radius 1 is 1.16 bits per heavy atom. The molecule has 1 atom stereocenters. The number of benzene rings is 2. The summed E-state index contributed by atoms with van der Waals surface area (Å²) < 4.78 is 7.59. The molecule has 1 aliphatic rings. The first kappa shape index (κ1) is 25.3. The molecule has 3 N–H and O–H groups in total. The first-order valence-corrected chi connectivity index (χ1v) is 12.9. The van der Waals surface area contributed by atoms with Gasteiger partial charge in [0, 0.05) is 36.7 Å². The van der Waals surface area contributed by atoms with Crippen LogP contribution in [0, 0.1) is 0 Å². The van der Waals surface area contributed by atoms with Gasteiger partial charge in [0.15, 0.2) is 0 Å². The van der Waals surface area contributed by atoms with E-state index in [0.717, 1.165) is 66.0 Å². The largest absolute Gasteiger partial charge is 0.494 e. The Labute approximate surface area is 220 Å². The van der Waals surface area contributed by atoms with E-state index in [4.69, 9.17) is 9.72 Å². The fourth-order valence-electron chi connectivity index (χ4n) is 4.66. The Morgan fingerprint density at radius 2 is 2.00 bits per heavy atom. The van der Waals surface area contributed by atoms with Crippen molar-refractivity contribution in [2.24, 2.45) is 7.05 Å². The average Bonchev–Trinajstić information content (AvgIpc) is 3.31. The third kappa shape index (κ3) is 5.94. The number of carbonyl (C=O) groups is 2. The van der Waals surface area contributed by atoms with Crippen LogP contribution in [0.5, 0.6) is 5.75 Å². The van der Waals surface area contributed by atoms with Crippen LogP contribution >= 0.6 is 0 Å². The number of pyridine rings is 1. The van der Waals surface area contributed by atoms with E-state index in [1.54, 1.807) is 29.1 Å². The Balaban J connectivity index is 1.11. The van der Waals surface area contributed by atoms with E-state index in [-0.39, 0.29) is 6.42 Å². The summed E-state index contributed by atoms with van der Waals surface area (Å²) in [5.74, 6) is 0.199. The van der Waals surface area contributed by atoms with E-state index in [2.05, 4.69) is 27.9 Å². The fraction of sp³-hybridized carbons (Fsp3) is 0.310. The molecule has 0 fully saturated rings. The molecule has 0 spiro atoms. The van der Waals surface area contributed by atoms with Crippen molar-refractivity contribution in [1.29, 1.82) is 0 Å². The van der Waals surface area contributed by atoms with Crippen molar-refractivity contribution < 1.29 is 19.4 Å². The van der Waals surface area contributed by atoms with Crippen LogP contribution in [-0.4, -0.2) is 50.9 Å².